The van der Waals surface area contributed by atoms with Crippen molar-refractivity contribution in [2.75, 3.05) is 0 Å². The third-order valence-electron chi connectivity index (χ3n) is 1.70. The van der Waals surface area contributed by atoms with Crippen LogP contribution in [-0.2, 0) is 4.79 Å². The summed E-state index contributed by atoms with van der Waals surface area (Å²) in [6, 6.07) is 0. The molecule has 64 valence electrons. The molecular formula is C10H18O. The maximum Gasteiger partial charge on any atom is 0.155 e. The van der Waals surface area contributed by atoms with E-state index in [-0.39, 0.29) is 5.78 Å². The molecule has 0 spiro atoms. The van der Waals surface area contributed by atoms with Crippen molar-refractivity contribution >= 4 is 5.78 Å². The van der Waals surface area contributed by atoms with Crippen molar-refractivity contribution in [3.8, 4) is 0 Å². The summed E-state index contributed by atoms with van der Waals surface area (Å²) < 4.78 is 0. The molecule has 0 aromatic heterocycles. The van der Waals surface area contributed by atoms with Crippen LogP contribution in [0.3, 0.4) is 0 Å². The Morgan fingerprint density at radius 1 is 1.45 bits per heavy atom. The minimum Gasteiger partial charge on any atom is -0.295 e. The first kappa shape index (κ1) is 10.4. The summed E-state index contributed by atoms with van der Waals surface area (Å²) in [4.78, 5) is 10.8. The van der Waals surface area contributed by atoms with Gasteiger partial charge in [0.1, 0.15) is 0 Å². The molecular weight excluding hydrogens is 136 g/mol. The Morgan fingerprint density at radius 3 is 2.55 bits per heavy atom. The average Bonchev–Trinajstić information content (AvgIpc) is 2.01. The van der Waals surface area contributed by atoms with Crippen LogP contribution in [0.5, 0.6) is 0 Å². The number of hydrogen-bond donors (Lipinski definition) is 0. The second kappa shape index (κ2) is 6.14. The summed E-state index contributed by atoms with van der Waals surface area (Å²) in [5.41, 5.74) is 0. The maximum absolute atomic E-state index is 10.8. The molecule has 0 aromatic carbocycles. The summed E-state index contributed by atoms with van der Waals surface area (Å²) in [5, 5.41) is 0. The number of carbonyl (C=O) groups is 1. The first-order valence-corrected chi connectivity index (χ1v) is 4.41. The van der Waals surface area contributed by atoms with Crippen LogP contribution < -0.4 is 0 Å². The highest BCUT2D eigenvalue weighted by molar-refractivity contribution is 5.89. The fraction of sp³-hybridized carbons (Fsp3) is 0.700. The predicted molar refractivity (Wildman–Crippen MR) is 48.5 cm³/mol. The third kappa shape index (κ3) is 5.84. The highest BCUT2D eigenvalue weighted by Gasteiger charge is 1.95. The van der Waals surface area contributed by atoms with E-state index in [1.807, 2.05) is 13.0 Å². The van der Waals surface area contributed by atoms with E-state index < -0.39 is 0 Å². The summed E-state index contributed by atoms with van der Waals surface area (Å²) in [6.45, 7) is 6.19. The molecule has 1 atom stereocenters. The number of rotatable bonds is 5. The third-order valence-corrected chi connectivity index (χ3v) is 1.70. The number of ketones is 1. The van der Waals surface area contributed by atoms with Crippen LogP contribution in [0.2, 0.25) is 0 Å². The Kier molecular flexibility index (Phi) is 5.81. The van der Waals surface area contributed by atoms with Gasteiger partial charge in [0, 0.05) is 6.42 Å². The summed E-state index contributed by atoms with van der Waals surface area (Å²) in [6.07, 6.45) is 6.70. The normalized spacial score (nSPS) is 13.7. The van der Waals surface area contributed by atoms with Gasteiger partial charge >= 0.3 is 0 Å². The van der Waals surface area contributed by atoms with Crippen molar-refractivity contribution in [3.63, 3.8) is 0 Å². The minimum absolute atomic E-state index is 0.230. The second-order valence-electron chi connectivity index (χ2n) is 2.94. The molecule has 0 aliphatic carbocycles. The van der Waals surface area contributed by atoms with Crippen LogP contribution in [0.25, 0.3) is 0 Å². The molecule has 0 saturated carbocycles. The lowest BCUT2D eigenvalue weighted by Crippen LogP contribution is -1.92. The van der Waals surface area contributed by atoms with Crippen LogP contribution in [0, 0.1) is 5.92 Å². The first-order chi connectivity index (χ1) is 5.20. The highest BCUT2D eigenvalue weighted by Crippen LogP contribution is 2.06. The van der Waals surface area contributed by atoms with Gasteiger partial charge in [-0.15, -0.1) is 0 Å². The van der Waals surface area contributed by atoms with E-state index >= 15 is 0 Å². The van der Waals surface area contributed by atoms with Gasteiger partial charge in [0.2, 0.25) is 0 Å². The Bertz CT molecular complexity index is 136. The van der Waals surface area contributed by atoms with E-state index in [9.17, 15) is 4.79 Å². The van der Waals surface area contributed by atoms with E-state index in [4.69, 9.17) is 0 Å². The van der Waals surface area contributed by atoms with Crippen molar-refractivity contribution in [1.29, 1.82) is 0 Å². The largest absolute Gasteiger partial charge is 0.295 e. The van der Waals surface area contributed by atoms with Gasteiger partial charge in [-0.2, -0.15) is 0 Å². The molecule has 0 heterocycles. The molecule has 11 heavy (non-hydrogen) atoms. The second-order valence-corrected chi connectivity index (χ2v) is 2.94. The van der Waals surface area contributed by atoms with Gasteiger partial charge in [0.15, 0.2) is 5.78 Å². The molecule has 0 bridgehead atoms. The summed E-state index contributed by atoms with van der Waals surface area (Å²) >= 11 is 0. The van der Waals surface area contributed by atoms with Gasteiger partial charge in [-0.05, 0) is 18.4 Å². The van der Waals surface area contributed by atoms with Crippen LogP contribution in [0.1, 0.15) is 40.0 Å². The van der Waals surface area contributed by atoms with Crippen LogP contribution in [-0.4, -0.2) is 5.78 Å². The Morgan fingerprint density at radius 2 is 2.09 bits per heavy atom. The van der Waals surface area contributed by atoms with Gasteiger partial charge in [0.05, 0.1) is 0 Å². The average molecular weight is 154 g/mol. The van der Waals surface area contributed by atoms with Crippen molar-refractivity contribution in [3.05, 3.63) is 12.2 Å². The maximum atomic E-state index is 10.8. The van der Waals surface area contributed by atoms with E-state index in [1.54, 1.807) is 6.08 Å². The Labute approximate surface area is 69.5 Å². The van der Waals surface area contributed by atoms with Gasteiger partial charge in [-0.25, -0.2) is 0 Å². The standard InChI is InChI=1S/C10H18O/c1-4-6-9(3)7-8-10(11)5-2/h7-9H,4-6H2,1-3H3. The number of allylic oxidation sites excluding steroid dienone is 2. The monoisotopic (exact) mass is 154 g/mol. The Balaban J connectivity index is 3.63. The Hall–Kier alpha value is -0.590. The molecule has 1 heteroatoms. The molecule has 0 amide bonds. The molecule has 0 radical (unpaired) electrons. The van der Waals surface area contributed by atoms with Gasteiger partial charge in [0.25, 0.3) is 0 Å². The fourth-order valence-electron chi connectivity index (χ4n) is 0.941. The van der Waals surface area contributed by atoms with E-state index in [0.29, 0.717) is 12.3 Å². The lowest BCUT2D eigenvalue weighted by atomic mass is 10.1. The molecule has 0 N–H and O–H groups in total. The van der Waals surface area contributed by atoms with Crippen molar-refractivity contribution in [2.45, 2.75) is 40.0 Å². The fourth-order valence-corrected chi connectivity index (χ4v) is 0.941. The zero-order chi connectivity index (χ0) is 8.69. The molecule has 1 nitrogen and oxygen atoms in total. The van der Waals surface area contributed by atoms with Crippen LogP contribution >= 0.6 is 0 Å². The topological polar surface area (TPSA) is 17.1 Å². The lowest BCUT2D eigenvalue weighted by molar-refractivity contribution is -0.114. The molecule has 0 aliphatic heterocycles. The zero-order valence-corrected chi connectivity index (χ0v) is 7.76. The smallest absolute Gasteiger partial charge is 0.155 e. The van der Waals surface area contributed by atoms with Crippen molar-refractivity contribution in [1.82, 2.24) is 0 Å². The predicted octanol–water partition coefficient (Wildman–Crippen LogP) is 2.96. The van der Waals surface area contributed by atoms with E-state index in [0.717, 1.165) is 0 Å². The zero-order valence-electron chi connectivity index (χ0n) is 7.76. The first-order valence-electron chi connectivity index (χ1n) is 4.41. The van der Waals surface area contributed by atoms with E-state index in [1.165, 1.54) is 12.8 Å². The quantitative estimate of drug-likeness (QED) is 0.556. The van der Waals surface area contributed by atoms with Gasteiger partial charge in [-0.1, -0.05) is 33.3 Å². The molecule has 1 unspecified atom stereocenters. The van der Waals surface area contributed by atoms with Crippen LogP contribution in [0.15, 0.2) is 12.2 Å². The van der Waals surface area contributed by atoms with Crippen molar-refractivity contribution in [2.24, 2.45) is 5.92 Å². The van der Waals surface area contributed by atoms with Crippen molar-refractivity contribution < 1.29 is 4.79 Å². The molecule has 0 aliphatic rings. The SMILES string of the molecule is CCCC(C)C=CC(=O)CC. The number of carbonyl (C=O) groups excluding carboxylic acids is 1. The molecule has 0 rings (SSSR count). The molecule has 0 saturated heterocycles. The molecule has 0 aromatic rings. The van der Waals surface area contributed by atoms with E-state index in [2.05, 4.69) is 13.8 Å². The minimum atomic E-state index is 0.230. The summed E-state index contributed by atoms with van der Waals surface area (Å²) in [7, 11) is 0. The van der Waals surface area contributed by atoms with Crippen LogP contribution in [0.4, 0.5) is 0 Å². The van der Waals surface area contributed by atoms with Gasteiger partial charge in [-0.3, -0.25) is 4.79 Å². The highest BCUT2D eigenvalue weighted by atomic mass is 16.1. The lowest BCUT2D eigenvalue weighted by Gasteiger charge is -2.00. The summed E-state index contributed by atoms with van der Waals surface area (Å²) in [5.74, 6) is 0.781. The number of hydrogen-bond acceptors (Lipinski definition) is 1. The molecule has 0 fully saturated rings. The van der Waals surface area contributed by atoms with Gasteiger partial charge < -0.3 is 0 Å².